The topological polar surface area (TPSA) is 60.2 Å². The molecule has 0 aliphatic rings. The van der Waals surface area contributed by atoms with E-state index in [0.717, 1.165) is 20.7 Å². The predicted molar refractivity (Wildman–Crippen MR) is 90.6 cm³/mol. The Kier molecular flexibility index (Phi) is 5.48. The van der Waals surface area contributed by atoms with Crippen LogP contribution in [-0.2, 0) is 16.3 Å². The lowest BCUT2D eigenvalue weighted by Gasteiger charge is -2.09. The monoisotopic (exact) mass is 385 g/mol. The van der Waals surface area contributed by atoms with Crippen molar-refractivity contribution in [2.75, 3.05) is 12.8 Å². The molecule has 0 aliphatic carbocycles. The van der Waals surface area contributed by atoms with Gasteiger partial charge in [0.15, 0.2) is 9.84 Å². The lowest BCUT2D eigenvalue weighted by atomic mass is 10.1. The fraction of sp³-hybridized carbons (Fsp3) is 0.200. The van der Waals surface area contributed by atoms with Gasteiger partial charge >= 0.3 is 0 Å². The van der Waals surface area contributed by atoms with Crippen molar-refractivity contribution in [1.29, 1.82) is 0 Å². The van der Waals surface area contributed by atoms with E-state index in [1.807, 2.05) is 18.2 Å². The van der Waals surface area contributed by atoms with Crippen molar-refractivity contribution in [1.82, 2.24) is 0 Å². The van der Waals surface area contributed by atoms with Crippen LogP contribution in [0.3, 0.4) is 0 Å². The quantitative estimate of drug-likeness (QED) is 0.855. The van der Waals surface area contributed by atoms with Gasteiger partial charge in [-0.1, -0.05) is 33.8 Å². The van der Waals surface area contributed by atoms with E-state index in [2.05, 4.69) is 28.1 Å². The Hall–Kier alpha value is -0.820. The molecule has 0 saturated carbocycles. The fourth-order valence-corrected chi connectivity index (χ4v) is 4.02. The molecule has 2 rings (SSSR count). The maximum Gasteiger partial charge on any atom is 0.175 e. The van der Waals surface area contributed by atoms with Crippen molar-refractivity contribution in [2.24, 2.45) is 5.73 Å². The SMILES string of the molecule is CS(=O)(=O)c1ccc(Sc2cc(Br)ccc2CCN)cc1. The Labute approximate surface area is 138 Å². The second-order valence-corrected chi connectivity index (χ2v) is 8.68. The van der Waals surface area contributed by atoms with E-state index in [1.54, 1.807) is 23.9 Å². The van der Waals surface area contributed by atoms with Crippen molar-refractivity contribution >= 4 is 37.5 Å². The first-order valence-electron chi connectivity index (χ1n) is 6.36. The van der Waals surface area contributed by atoms with Crippen LogP contribution in [-0.4, -0.2) is 21.2 Å². The van der Waals surface area contributed by atoms with Crippen molar-refractivity contribution < 1.29 is 8.42 Å². The summed E-state index contributed by atoms with van der Waals surface area (Å²) in [5.74, 6) is 0. The standard InChI is InChI=1S/C15H16BrNO2S2/c1-21(18,19)14-6-4-13(5-7-14)20-15-10-12(16)3-2-11(15)8-9-17/h2-7,10H,8-9,17H2,1H3. The first-order valence-corrected chi connectivity index (χ1v) is 9.87. The van der Waals surface area contributed by atoms with Gasteiger partial charge < -0.3 is 5.73 Å². The van der Waals surface area contributed by atoms with E-state index in [4.69, 9.17) is 5.73 Å². The number of hydrogen-bond acceptors (Lipinski definition) is 4. The van der Waals surface area contributed by atoms with E-state index < -0.39 is 9.84 Å². The average Bonchev–Trinajstić information content (AvgIpc) is 2.42. The Morgan fingerprint density at radius 1 is 1.14 bits per heavy atom. The molecule has 2 aromatic carbocycles. The van der Waals surface area contributed by atoms with Crippen LogP contribution in [0.15, 0.2) is 61.6 Å². The zero-order valence-corrected chi connectivity index (χ0v) is 14.8. The number of nitrogens with two attached hydrogens (primary N) is 1. The highest BCUT2D eigenvalue weighted by Crippen LogP contribution is 2.33. The molecule has 2 aromatic rings. The third kappa shape index (κ3) is 4.57. The summed E-state index contributed by atoms with van der Waals surface area (Å²) in [4.78, 5) is 2.46. The number of benzene rings is 2. The Morgan fingerprint density at radius 3 is 2.38 bits per heavy atom. The number of rotatable bonds is 5. The minimum Gasteiger partial charge on any atom is -0.330 e. The summed E-state index contributed by atoms with van der Waals surface area (Å²) in [6, 6.07) is 13.0. The molecule has 6 heteroatoms. The van der Waals surface area contributed by atoms with Crippen LogP contribution in [0.5, 0.6) is 0 Å². The first-order chi connectivity index (χ1) is 9.90. The van der Waals surface area contributed by atoms with Crippen LogP contribution in [0.1, 0.15) is 5.56 Å². The maximum atomic E-state index is 11.5. The maximum absolute atomic E-state index is 11.5. The largest absolute Gasteiger partial charge is 0.330 e. The zero-order valence-electron chi connectivity index (χ0n) is 11.5. The average molecular weight is 386 g/mol. The van der Waals surface area contributed by atoms with Crippen LogP contribution in [0.2, 0.25) is 0 Å². The molecule has 0 aromatic heterocycles. The van der Waals surface area contributed by atoms with Crippen molar-refractivity contribution in [3.8, 4) is 0 Å². The molecule has 3 nitrogen and oxygen atoms in total. The molecule has 0 heterocycles. The van der Waals surface area contributed by atoms with Crippen LogP contribution < -0.4 is 5.73 Å². The van der Waals surface area contributed by atoms with Crippen LogP contribution in [0.4, 0.5) is 0 Å². The molecule has 0 aliphatic heterocycles. The highest BCUT2D eigenvalue weighted by molar-refractivity contribution is 9.10. The molecule has 21 heavy (non-hydrogen) atoms. The van der Waals surface area contributed by atoms with Gasteiger partial charge in [-0.2, -0.15) is 0 Å². The zero-order chi connectivity index (χ0) is 15.5. The van der Waals surface area contributed by atoms with E-state index in [1.165, 1.54) is 11.8 Å². The van der Waals surface area contributed by atoms with Gasteiger partial charge in [-0.3, -0.25) is 0 Å². The fourth-order valence-electron chi connectivity index (χ4n) is 1.87. The second-order valence-electron chi connectivity index (χ2n) is 4.64. The van der Waals surface area contributed by atoms with E-state index >= 15 is 0 Å². The van der Waals surface area contributed by atoms with E-state index in [-0.39, 0.29) is 0 Å². The summed E-state index contributed by atoms with van der Waals surface area (Å²) >= 11 is 5.08. The van der Waals surface area contributed by atoms with Gasteiger partial charge in [0.2, 0.25) is 0 Å². The Bertz CT molecular complexity index is 728. The van der Waals surface area contributed by atoms with E-state index in [0.29, 0.717) is 11.4 Å². The van der Waals surface area contributed by atoms with Gasteiger partial charge in [-0.25, -0.2) is 8.42 Å². The molecule has 0 radical (unpaired) electrons. The molecular weight excluding hydrogens is 370 g/mol. The summed E-state index contributed by atoms with van der Waals surface area (Å²) in [7, 11) is -3.15. The molecule has 112 valence electrons. The molecule has 0 spiro atoms. The molecule has 2 N–H and O–H groups in total. The van der Waals surface area contributed by atoms with Crippen LogP contribution in [0, 0.1) is 0 Å². The highest BCUT2D eigenvalue weighted by Gasteiger charge is 2.08. The minimum absolute atomic E-state index is 0.336. The third-order valence-electron chi connectivity index (χ3n) is 2.92. The summed E-state index contributed by atoms with van der Waals surface area (Å²) in [6.07, 6.45) is 2.03. The van der Waals surface area contributed by atoms with E-state index in [9.17, 15) is 8.42 Å². The van der Waals surface area contributed by atoms with Gasteiger partial charge in [0.1, 0.15) is 0 Å². The van der Waals surface area contributed by atoms with Crippen LogP contribution >= 0.6 is 27.7 Å². The van der Waals surface area contributed by atoms with Crippen molar-refractivity contribution in [3.63, 3.8) is 0 Å². The molecule has 0 saturated heterocycles. The molecule has 0 bridgehead atoms. The predicted octanol–water partition coefficient (Wildman–Crippen LogP) is 3.51. The summed E-state index contributed by atoms with van der Waals surface area (Å²) in [6.45, 7) is 0.599. The highest BCUT2D eigenvalue weighted by atomic mass is 79.9. The summed E-state index contributed by atoms with van der Waals surface area (Å²) in [5.41, 5.74) is 6.83. The Morgan fingerprint density at radius 2 is 1.81 bits per heavy atom. The smallest absolute Gasteiger partial charge is 0.175 e. The Balaban J connectivity index is 2.27. The minimum atomic E-state index is -3.15. The van der Waals surface area contributed by atoms with Gasteiger partial charge in [0.05, 0.1) is 4.90 Å². The van der Waals surface area contributed by atoms with Crippen molar-refractivity contribution in [3.05, 3.63) is 52.5 Å². The lowest BCUT2D eigenvalue weighted by molar-refractivity contribution is 0.602. The summed E-state index contributed by atoms with van der Waals surface area (Å²) < 4.78 is 23.9. The third-order valence-corrected chi connectivity index (χ3v) is 5.65. The molecular formula is C15H16BrNO2S2. The van der Waals surface area contributed by atoms with Crippen LogP contribution in [0.25, 0.3) is 0 Å². The molecule has 0 amide bonds. The molecule has 0 unspecified atom stereocenters. The number of hydrogen-bond donors (Lipinski definition) is 1. The lowest BCUT2D eigenvalue weighted by Crippen LogP contribution is -2.03. The van der Waals surface area contributed by atoms with Gasteiger partial charge in [-0.05, 0) is 54.9 Å². The first kappa shape index (κ1) is 16.5. The molecule has 0 atom stereocenters. The van der Waals surface area contributed by atoms with Gasteiger partial charge in [0.25, 0.3) is 0 Å². The van der Waals surface area contributed by atoms with Gasteiger partial charge in [-0.15, -0.1) is 0 Å². The van der Waals surface area contributed by atoms with Gasteiger partial charge in [0, 0.05) is 20.5 Å². The normalized spacial score (nSPS) is 11.6. The van der Waals surface area contributed by atoms with Crippen molar-refractivity contribution in [2.45, 2.75) is 21.1 Å². The molecule has 0 fully saturated rings. The summed E-state index contributed by atoms with van der Waals surface area (Å²) in [5, 5.41) is 0. The number of halogens is 1. The second kappa shape index (κ2) is 6.96. The number of sulfone groups is 1.